The lowest BCUT2D eigenvalue weighted by Gasteiger charge is -2.23. The molecule has 172 valence electrons. The average molecular weight is 449 g/mol. The monoisotopic (exact) mass is 449 g/mol. The first kappa shape index (κ1) is 22.4. The number of pyridine rings is 1. The molecule has 0 N–H and O–H groups in total. The fourth-order valence-electron chi connectivity index (χ4n) is 3.93. The molecule has 0 aliphatic carbocycles. The Labute approximate surface area is 184 Å². The minimum atomic E-state index is -4.40. The number of rotatable bonds is 5. The van der Waals surface area contributed by atoms with Gasteiger partial charge in [-0.05, 0) is 55.7 Å². The molecule has 2 fully saturated rings. The van der Waals surface area contributed by atoms with Crippen LogP contribution in [0.15, 0.2) is 42.6 Å². The molecule has 0 radical (unpaired) electrons. The van der Waals surface area contributed by atoms with Crippen molar-refractivity contribution in [2.24, 2.45) is 0 Å². The largest absolute Gasteiger partial charge is 0.491 e. The highest BCUT2D eigenvalue weighted by atomic mass is 19.4. The van der Waals surface area contributed by atoms with Crippen LogP contribution < -0.4 is 9.64 Å². The minimum Gasteiger partial charge on any atom is -0.491 e. The fourth-order valence-corrected chi connectivity index (χ4v) is 3.93. The van der Waals surface area contributed by atoms with Crippen molar-refractivity contribution in [2.75, 3.05) is 44.3 Å². The molecule has 2 saturated heterocycles. The van der Waals surface area contributed by atoms with Gasteiger partial charge in [0.05, 0.1) is 11.7 Å². The van der Waals surface area contributed by atoms with Crippen molar-refractivity contribution in [1.29, 1.82) is 0 Å². The molecule has 6 nitrogen and oxygen atoms in total. The summed E-state index contributed by atoms with van der Waals surface area (Å²) in [5, 5.41) is 0. The molecule has 0 unspecified atom stereocenters. The van der Waals surface area contributed by atoms with Gasteiger partial charge in [-0.25, -0.2) is 4.98 Å². The van der Waals surface area contributed by atoms with Crippen LogP contribution in [0.2, 0.25) is 0 Å². The molecule has 32 heavy (non-hydrogen) atoms. The van der Waals surface area contributed by atoms with Crippen molar-refractivity contribution in [3.05, 3.63) is 53.7 Å². The Balaban J connectivity index is 1.32. The van der Waals surface area contributed by atoms with Crippen LogP contribution in [0.4, 0.5) is 19.0 Å². The van der Waals surface area contributed by atoms with Crippen molar-refractivity contribution in [3.63, 3.8) is 0 Å². The summed E-state index contributed by atoms with van der Waals surface area (Å²) in [4.78, 5) is 20.6. The number of carbonyl (C=O) groups excluding carboxylic acids is 1. The number of benzene rings is 1. The summed E-state index contributed by atoms with van der Waals surface area (Å²) in [5.41, 5.74) is -0.188. The molecule has 9 heteroatoms. The highest BCUT2D eigenvalue weighted by Gasteiger charge is 2.31. The number of amides is 1. The molecule has 1 amide bonds. The number of hydrogen-bond acceptors (Lipinski definition) is 5. The molecule has 3 heterocycles. The van der Waals surface area contributed by atoms with Gasteiger partial charge in [0.15, 0.2) is 0 Å². The van der Waals surface area contributed by atoms with Crippen LogP contribution in [0.5, 0.6) is 5.75 Å². The summed E-state index contributed by atoms with van der Waals surface area (Å²) in [6.45, 7) is 3.47. The zero-order valence-electron chi connectivity index (χ0n) is 17.7. The molecule has 1 atom stereocenters. The molecule has 0 bridgehead atoms. The average Bonchev–Trinajstić information content (AvgIpc) is 3.20. The summed E-state index contributed by atoms with van der Waals surface area (Å²) in [6.07, 6.45) is -0.648. The van der Waals surface area contributed by atoms with E-state index in [0.29, 0.717) is 56.3 Å². The predicted molar refractivity (Wildman–Crippen MR) is 113 cm³/mol. The SMILES string of the molecule is O=C(c1ccc(OC[C@H]2CCCO2)cc1)N1CCCN(c2ccc(C(F)(F)F)cn2)CC1. The number of hydrogen-bond donors (Lipinski definition) is 0. The molecule has 4 rings (SSSR count). The number of halogens is 3. The zero-order chi connectivity index (χ0) is 22.6. The predicted octanol–water partition coefficient (Wildman–Crippen LogP) is 4.01. The third kappa shape index (κ3) is 5.51. The Morgan fingerprint density at radius 1 is 1.06 bits per heavy atom. The van der Waals surface area contributed by atoms with Crippen LogP contribution in [0.1, 0.15) is 35.2 Å². The van der Waals surface area contributed by atoms with E-state index in [4.69, 9.17) is 9.47 Å². The van der Waals surface area contributed by atoms with Gasteiger partial charge in [0.1, 0.15) is 18.2 Å². The second-order valence-electron chi connectivity index (χ2n) is 8.01. The normalized spacial score (nSPS) is 19.7. The first-order valence-electron chi connectivity index (χ1n) is 10.8. The molecular formula is C23H26F3N3O3. The molecule has 2 aliphatic rings. The zero-order valence-corrected chi connectivity index (χ0v) is 17.7. The van der Waals surface area contributed by atoms with E-state index >= 15 is 0 Å². The Kier molecular flexibility index (Phi) is 6.83. The summed E-state index contributed by atoms with van der Waals surface area (Å²) in [5.74, 6) is 1.12. The van der Waals surface area contributed by atoms with Crippen LogP contribution in [0.3, 0.4) is 0 Å². The summed E-state index contributed by atoms with van der Waals surface area (Å²) >= 11 is 0. The highest BCUT2D eigenvalue weighted by molar-refractivity contribution is 5.94. The Morgan fingerprint density at radius 2 is 1.88 bits per heavy atom. The van der Waals surface area contributed by atoms with E-state index in [1.54, 1.807) is 29.2 Å². The summed E-state index contributed by atoms with van der Waals surface area (Å²) in [6, 6.07) is 9.52. The number of alkyl halides is 3. The van der Waals surface area contributed by atoms with Gasteiger partial charge in [0.25, 0.3) is 5.91 Å². The lowest BCUT2D eigenvalue weighted by molar-refractivity contribution is -0.137. The third-order valence-electron chi connectivity index (χ3n) is 5.74. The smallest absolute Gasteiger partial charge is 0.417 e. The van der Waals surface area contributed by atoms with Crippen molar-refractivity contribution in [3.8, 4) is 5.75 Å². The molecular weight excluding hydrogens is 423 g/mol. The number of nitrogens with zero attached hydrogens (tertiary/aromatic N) is 3. The fraction of sp³-hybridized carbons (Fsp3) is 0.478. The first-order valence-corrected chi connectivity index (χ1v) is 10.8. The van der Waals surface area contributed by atoms with E-state index in [2.05, 4.69) is 4.98 Å². The van der Waals surface area contributed by atoms with E-state index in [-0.39, 0.29) is 12.0 Å². The molecule has 1 aromatic heterocycles. The number of carbonyl (C=O) groups is 1. The van der Waals surface area contributed by atoms with E-state index in [0.717, 1.165) is 31.7 Å². The maximum Gasteiger partial charge on any atom is 0.417 e. The Bertz CT molecular complexity index is 897. The third-order valence-corrected chi connectivity index (χ3v) is 5.74. The van der Waals surface area contributed by atoms with E-state index < -0.39 is 11.7 Å². The molecule has 0 saturated carbocycles. The van der Waals surface area contributed by atoms with E-state index in [9.17, 15) is 18.0 Å². The van der Waals surface area contributed by atoms with Crippen LogP contribution >= 0.6 is 0 Å². The van der Waals surface area contributed by atoms with Gasteiger partial charge in [-0.2, -0.15) is 13.2 Å². The van der Waals surface area contributed by atoms with Gasteiger partial charge in [-0.3, -0.25) is 4.79 Å². The van der Waals surface area contributed by atoms with Gasteiger partial charge in [0.2, 0.25) is 0 Å². The first-order chi connectivity index (χ1) is 15.4. The number of anilines is 1. The lowest BCUT2D eigenvalue weighted by atomic mass is 10.2. The second-order valence-corrected chi connectivity index (χ2v) is 8.01. The van der Waals surface area contributed by atoms with Crippen LogP contribution in [-0.2, 0) is 10.9 Å². The maximum absolute atomic E-state index is 12.9. The van der Waals surface area contributed by atoms with Crippen molar-refractivity contribution >= 4 is 11.7 Å². The van der Waals surface area contributed by atoms with Crippen LogP contribution in [0.25, 0.3) is 0 Å². The maximum atomic E-state index is 12.9. The van der Waals surface area contributed by atoms with Gasteiger partial charge in [-0.1, -0.05) is 0 Å². The van der Waals surface area contributed by atoms with Gasteiger partial charge in [-0.15, -0.1) is 0 Å². The summed E-state index contributed by atoms with van der Waals surface area (Å²) in [7, 11) is 0. The molecule has 2 aromatic rings. The highest BCUT2D eigenvalue weighted by Crippen LogP contribution is 2.29. The Hall–Kier alpha value is -2.81. The minimum absolute atomic E-state index is 0.0714. The van der Waals surface area contributed by atoms with E-state index in [1.807, 2.05) is 4.90 Å². The van der Waals surface area contributed by atoms with Crippen LogP contribution in [-0.4, -0.2) is 61.3 Å². The number of aromatic nitrogens is 1. The van der Waals surface area contributed by atoms with Gasteiger partial charge < -0.3 is 19.3 Å². The van der Waals surface area contributed by atoms with Crippen LogP contribution in [0, 0.1) is 0 Å². The van der Waals surface area contributed by atoms with Crippen molar-refractivity contribution in [1.82, 2.24) is 9.88 Å². The summed E-state index contributed by atoms with van der Waals surface area (Å²) < 4.78 is 49.6. The second kappa shape index (κ2) is 9.77. The van der Waals surface area contributed by atoms with Gasteiger partial charge >= 0.3 is 6.18 Å². The number of ether oxygens (including phenoxy) is 2. The topological polar surface area (TPSA) is 54.9 Å². The Morgan fingerprint density at radius 3 is 2.53 bits per heavy atom. The molecule has 1 aromatic carbocycles. The van der Waals surface area contributed by atoms with Crippen molar-refractivity contribution < 1.29 is 27.4 Å². The van der Waals surface area contributed by atoms with Crippen molar-refractivity contribution in [2.45, 2.75) is 31.5 Å². The van der Waals surface area contributed by atoms with Gasteiger partial charge in [0, 0.05) is 44.5 Å². The lowest BCUT2D eigenvalue weighted by Crippen LogP contribution is -2.35. The molecule has 2 aliphatic heterocycles. The quantitative estimate of drug-likeness (QED) is 0.691. The van der Waals surface area contributed by atoms with E-state index in [1.165, 1.54) is 6.07 Å². The molecule has 0 spiro atoms. The standard InChI is InChI=1S/C23H26F3N3O3/c24-23(25,26)18-6-9-21(27-15-18)28-10-2-11-29(13-12-28)22(30)17-4-7-19(8-5-17)32-16-20-3-1-14-31-20/h4-9,15,20H,1-3,10-14,16H2/t20-/m1/s1.